The molecule has 0 radical (unpaired) electrons. The number of nitrogens with one attached hydrogen (secondary N) is 1. The Morgan fingerprint density at radius 1 is 1.39 bits per heavy atom. The number of halogens is 1. The molecule has 0 aliphatic heterocycles. The highest BCUT2D eigenvalue weighted by atomic mass is 79.9. The molecule has 0 aliphatic rings. The zero-order valence-corrected chi connectivity index (χ0v) is 12.9. The molecule has 0 heterocycles. The summed E-state index contributed by atoms with van der Waals surface area (Å²) in [6.07, 6.45) is 0. The second-order valence-electron chi connectivity index (χ2n) is 4.41. The molecule has 0 unspecified atom stereocenters. The quantitative estimate of drug-likeness (QED) is 0.758. The van der Waals surface area contributed by atoms with E-state index in [1.165, 1.54) is 0 Å². The number of ether oxygens (including phenoxy) is 1. The fraction of sp³-hybridized carbons (Fsp3) is 0.538. The van der Waals surface area contributed by atoms with E-state index in [0.29, 0.717) is 0 Å². The maximum absolute atomic E-state index is 5.84. The summed E-state index contributed by atoms with van der Waals surface area (Å²) in [6, 6.07) is 4.00. The minimum absolute atomic E-state index is 0.765. The first-order valence-electron chi connectivity index (χ1n) is 6.01. The highest BCUT2D eigenvalue weighted by molar-refractivity contribution is 9.10. The van der Waals surface area contributed by atoms with Crippen LogP contribution in [0.5, 0.6) is 0 Å². The van der Waals surface area contributed by atoms with Gasteiger partial charge in [-0.2, -0.15) is 0 Å². The molecule has 0 amide bonds. The van der Waals surface area contributed by atoms with E-state index in [4.69, 9.17) is 10.5 Å². The number of nitrogens with two attached hydrogens (primary N) is 1. The van der Waals surface area contributed by atoms with Crippen molar-refractivity contribution in [1.29, 1.82) is 0 Å². The third-order valence-corrected chi connectivity index (χ3v) is 3.50. The smallest absolute Gasteiger partial charge is 0.0589 e. The Hall–Kier alpha value is -0.780. The maximum atomic E-state index is 5.84. The molecule has 18 heavy (non-hydrogen) atoms. The van der Waals surface area contributed by atoms with E-state index in [-0.39, 0.29) is 0 Å². The van der Waals surface area contributed by atoms with E-state index in [1.807, 2.05) is 13.0 Å². The summed E-state index contributed by atoms with van der Waals surface area (Å²) in [6.45, 7) is 5.58. The van der Waals surface area contributed by atoms with Crippen LogP contribution in [0.1, 0.15) is 5.56 Å². The fourth-order valence-corrected chi connectivity index (χ4v) is 2.07. The van der Waals surface area contributed by atoms with Crippen LogP contribution in [-0.4, -0.2) is 45.3 Å². The van der Waals surface area contributed by atoms with Gasteiger partial charge >= 0.3 is 0 Å². The van der Waals surface area contributed by atoms with Gasteiger partial charge in [-0.25, -0.2) is 0 Å². The standard InChI is InChI=1S/C13H22BrN3O/c1-10-8-13(11(14)9-12(10)15)16-4-5-17(2)6-7-18-3/h8-9,16H,4-7,15H2,1-3H3. The monoisotopic (exact) mass is 315 g/mol. The molecule has 102 valence electrons. The van der Waals surface area contributed by atoms with Crippen LogP contribution in [-0.2, 0) is 4.74 Å². The summed E-state index contributed by atoms with van der Waals surface area (Å²) >= 11 is 3.51. The van der Waals surface area contributed by atoms with E-state index in [0.717, 1.165) is 47.7 Å². The third-order valence-electron chi connectivity index (χ3n) is 2.84. The van der Waals surface area contributed by atoms with Gasteiger partial charge in [0, 0.05) is 42.6 Å². The molecule has 4 nitrogen and oxygen atoms in total. The molecule has 0 fully saturated rings. The average Bonchev–Trinajstić information content (AvgIpc) is 2.33. The van der Waals surface area contributed by atoms with Crippen LogP contribution in [0.2, 0.25) is 0 Å². The summed E-state index contributed by atoms with van der Waals surface area (Å²) in [7, 11) is 3.81. The lowest BCUT2D eigenvalue weighted by molar-refractivity contribution is 0.163. The number of anilines is 2. The van der Waals surface area contributed by atoms with Crippen LogP contribution in [0.15, 0.2) is 16.6 Å². The van der Waals surface area contributed by atoms with Crippen molar-refractivity contribution in [3.05, 3.63) is 22.2 Å². The maximum Gasteiger partial charge on any atom is 0.0589 e. The van der Waals surface area contributed by atoms with Crippen LogP contribution < -0.4 is 11.1 Å². The van der Waals surface area contributed by atoms with Crippen LogP contribution in [0.25, 0.3) is 0 Å². The normalized spacial score (nSPS) is 10.9. The van der Waals surface area contributed by atoms with Crippen molar-refractivity contribution in [2.24, 2.45) is 0 Å². The first kappa shape index (κ1) is 15.3. The SMILES string of the molecule is COCCN(C)CCNc1cc(C)c(N)cc1Br. The molecule has 0 atom stereocenters. The van der Waals surface area contributed by atoms with Gasteiger partial charge in [0.25, 0.3) is 0 Å². The molecule has 3 N–H and O–H groups in total. The summed E-state index contributed by atoms with van der Waals surface area (Å²) in [5.74, 6) is 0. The van der Waals surface area contributed by atoms with Crippen molar-refractivity contribution in [2.45, 2.75) is 6.92 Å². The van der Waals surface area contributed by atoms with Crippen LogP contribution in [0.3, 0.4) is 0 Å². The molecule has 5 heteroatoms. The summed E-state index contributed by atoms with van der Waals surface area (Å²) < 4.78 is 6.05. The lowest BCUT2D eigenvalue weighted by Gasteiger charge is -2.17. The van der Waals surface area contributed by atoms with Crippen LogP contribution in [0.4, 0.5) is 11.4 Å². The average molecular weight is 316 g/mol. The molecule has 1 aromatic rings. The molecule has 0 saturated heterocycles. The molecular formula is C13H22BrN3O. The number of nitrogen functional groups attached to an aromatic ring is 1. The van der Waals surface area contributed by atoms with Gasteiger partial charge in [-0.1, -0.05) is 0 Å². The Morgan fingerprint density at radius 2 is 2.11 bits per heavy atom. The van der Waals surface area contributed by atoms with E-state index < -0.39 is 0 Å². The van der Waals surface area contributed by atoms with Crippen molar-refractivity contribution >= 4 is 27.3 Å². The molecule has 0 spiro atoms. The Morgan fingerprint density at radius 3 is 2.78 bits per heavy atom. The Balaban J connectivity index is 2.42. The number of hydrogen-bond acceptors (Lipinski definition) is 4. The second-order valence-corrected chi connectivity index (χ2v) is 5.27. The van der Waals surface area contributed by atoms with Gasteiger partial charge in [0.1, 0.15) is 0 Å². The van der Waals surface area contributed by atoms with E-state index in [9.17, 15) is 0 Å². The van der Waals surface area contributed by atoms with Crippen LogP contribution >= 0.6 is 15.9 Å². The van der Waals surface area contributed by atoms with Crippen molar-refractivity contribution < 1.29 is 4.74 Å². The highest BCUT2D eigenvalue weighted by Crippen LogP contribution is 2.27. The van der Waals surface area contributed by atoms with Crippen molar-refractivity contribution in [3.8, 4) is 0 Å². The summed E-state index contributed by atoms with van der Waals surface area (Å²) in [4.78, 5) is 2.23. The topological polar surface area (TPSA) is 50.5 Å². The van der Waals surface area contributed by atoms with Gasteiger partial charge in [0.05, 0.1) is 6.61 Å². The minimum atomic E-state index is 0.765. The molecular weight excluding hydrogens is 294 g/mol. The van der Waals surface area contributed by atoms with Crippen molar-refractivity contribution in [1.82, 2.24) is 4.90 Å². The number of likely N-dealkylation sites (N-methyl/N-ethyl adjacent to an activating group) is 1. The number of aryl methyl sites for hydroxylation is 1. The number of nitrogens with zero attached hydrogens (tertiary/aromatic N) is 1. The summed E-state index contributed by atoms with van der Waals surface area (Å²) in [5.41, 5.74) is 8.83. The molecule has 0 saturated carbocycles. The van der Waals surface area contributed by atoms with E-state index in [2.05, 4.69) is 39.3 Å². The van der Waals surface area contributed by atoms with E-state index >= 15 is 0 Å². The van der Waals surface area contributed by atoms with Gasteiger partial charge in [0.2, 0.25) is 0 Å². The Labute approximate surface area is 118 Å². The molecule has 0 aromatic heterocycles. The van der Waals surface area contributed by atoms with Gasteiger partial charge in [-0.3, -0.25) is 0 Å². The van der Waals surface area contributed by atoms with E-state index in [1.54, 1.807) is 7.11 Å². The van der Waals surface area contributed by atoms with Gasteiger partial charge < -0.3 is 20.7 Å². The van der Waals surface area contributed by atoms with Crippen molar-refractivity contribution in [3.63, 3.8) is 0 Å². The summed E-state index contributed by atoms with van der Waals surface area (Å²) in [5, 5.41) is 3.40. The number of rotatable bonds is 7. The number of benzene rings is 1. The van der Waals surface area contributed by atoms with Crippen LogP contribution in [0, 0.1) is 6.92 Å². The Kier molecular flexibility index (Phi) is 6.46. The van der Waals surface area contributed by atoms with Gasteiger partial charge in [-0.05, 0) is 47.6 Å². The predicted molar refractivity (Wildman–Crippen MR) is 81.2 cm³/mol. The lowest BCUT2D eigenvalue weighted by Crippen LogP contribution is -2.28. The van der Waals surface area contributed by atoms with Gasteiger partial charge in [0.15, 0.2) is 0 Å². The van der Waals surface area contributed by atoms with Gasteiger partial charge in [-0.15, -0.1) is 0 Å². The first-order valence-corrected chi connectivity index (χ1v) is 6.81. The molecule has 0 aliphatic carbocycles. The minimum Gasteiger partial charge on any atom is -0.398 e. The molecule has 1 aromatic carbocycles. The number of methoxy groups -OCH3 is 1. The van der Waals surface area contributed by atoms with Crippen molar-refractivity contribution in [2.75, 3.05) is 51.4 Å². The predicted octanol–water partition coefficient (Wildman–Crippen LogP) is 2.33. The molecule has 0 bridgehead atoms. The Bertz CT molecular complexity index is 385. The molecule has 1 rings (SSSR count). The zero-order valence-electron chi connectivity index (χ0n) is 11.3. The lowest BCUT2D eigenvalue weighted by atomic mass is 10.2. The first-order chi connectivity index (χ1) is 8.54. The largest absolute Gasteiger partial charge is 0.398 e. The fourth-order valence-electron chi connectivity index (χ4n) is 1.57. The highest BCUT2D eigenvalue weighted by Gasteiger charge is 2.03. The third kappa shape index (κ3) is 4.84. The number of hydrogen-bond donors (Lipinski definition) is 2. The second kappa shape index (κ2) is 7.61. The zero-order chi connectivity index (χ0) is 13.5.